The molecule has 2 aliphatic carbocycles. The number of halogens is 5. The molecule has 4 fully saturated rings. The highest BCUT2D eigenvalue weighted by Crippen LogP contribution is 2.48. The Kier molecular flexibility index (Phi) is 9.00. The predicted molar refractivity (Wildman–Crippen MR) is 190 cm³/mol. The molecule has 2 unspecified atom stereocenters. The van der Waals surface area contributed by atoms with Crippen molar-refractivity contribution in [2.24, 2.45) is 11.3 Å². The molecule has 0 radical (unpaired) electrons. The van der Waals surface area contributed by atoms with Crippen molar-refractivity contribution >= 4 is 27.5 Å². The number of nitrogens with one attached hydrogen (secondary N) is 1. The molecule has 4 heterocycles. The second-order valence-electron chi connectivity index (χ2n) is 15.3. The molecule has 4 aromatic rings. The number of fused-ring (bicyclic) bond motifs is 4. The van der Waals surface area contributed by atoms with Crippen LogP contribution < -0.4 is 19.7 Å². The van der Waals surface area contributed by atoms with E-state index >= 15 is 4.39 Å². The standard InChI is InChI=1S/C39H41F5N6O3/c1-4-27-29(40)12-5-21-15-26(51)16-28(30(21)27)33-32(41)34-31(36(46-33)52-3)35(50-17-23-8-9-24(18-50)45-23)48-37(47-34)53-20-38(13-14-38)19-49(2)25-10-6-22(7-11-25)39(42,43)44/h1,5,12,15-16,22-25,45,51H,6-11,13-14,17-20H2,2-3H3. The maximum Gasteiger partial charge on any atom is 0.391 e. The molecule has 8 rings (SSSR count). The molecule has 2 aliphatic heterocycles. The van der Waals surface area contributed by atoms with Gasteiger partial charge in [-0.05, 0) is 82.0 Å². The Bertz CT molecular complexity index is 2100. The second kappa shape index (κ2) is 13.4. The van der Waals surface area contributed by atoms with Crippen LogP contribution in [0.5, 0.6) is 17.6 Å². The maximum absolute atomic E-state index is 17.1. The zero-order valence-corrected chi connectivity index (χ0v) is 29.6. The summed E-state index contributed by atoms with van der Waals surface area (Å²) in [6, 6.07) is 5.81. The number of benzene rings is 2. The Morgan fingerprint density at radius 3 is 2.38 bits per heavy atom. The fourth-order valence-electron chi connectivity index (χ4n) is 8.69. The van der Waals surface area contributed by atoms with E-state index in [0.717, 1.165) is 25.7 Å². The number of rotatable bonds is 9. The number of anilines is 1. The van der Waals surface area contributed by atoms with Gasteiger partial charge in [-0.25, -0.2) is 13.8 Å². The number of phenolic OH excluding ortho intramolecular Hbond substituents is 1. The van der Waals surface area contributed by atoms with Crippen LogP contribution in [0, 0.1) is 35.3 Å². The first-order valence-electron chi connectivity index (χ1n) is 18.1. The van der Waals surface area contributed by atoms with Crippen LogP contribution in [-0.4, -0.2) is 89.7 Å². The largest absolute Gasteiger partial charge is 0.508 e. The van der Waals surface area contributed by atoms with Gasteiger partial charge in [-0.15, -0.1) is 6.42 Å². The molecule has 4 aliphatic rings. The monoisotopic (exact) mass is 736 g/mol. The number of phenols is 1. The van der Waals surface area contributed by atoms with Crippen molar-refractivity contribution in [2.75, 3.05) is 45.3 Å². The zero-order chi connectivity index (χ0) is 37.2. The number of ether oxygens (including phenoxy) is 2. The van der Waals surface area contributed by atoms with E-state index in [1.54, 1.807) is 0 Å². The van der Waals surface area contributed by atoms with Gasteiger partial charge in [0.25, 0.3) is 0 Å². The molecular weight excluding hydrogens is 695 g/mol. The van der Waals surface area contributed by atoms with E-state index in [4.69, 9.17) is 20.9 Å². The van der Waals surface area contributed by atoms with Crippen molar-refractivity contribution in [3.05, 3.63) is 41.5 Å². The van der Waals surface area contributed by atoms with Gasteiger partial charge in [-0.3, -0.25) is 0 Å². The third-order valence-corrected chi connectivity index (χ3v) is 11.7. The van der Waals surface area contributed by atoms with Crippen molar-refractivity contribution in [3.63, 3.8) is 0 Å². The SMILES string of the molecule is C#Cc1c(F)ccc2cc(O)cc(-c3nc(OC)c4c(N5CC6CCC(C5)N6)nc(OCC5(CN(C)C6CCC(C(F)(F)F)CC6)CC5)nc4c3F)c12. The summed E-state index contributed by atoms with van der Waals surface area (Å²) < 4.78 is 84.1. The summed E-state index contributed by atoms with van der Waals surface area (Å²) in [4.78, 5) is 18.3. The van der Waals surface area contributed by atoms with Crippen LogP contribution >= 0.6 is 0 Å². The number of pyridine rings is 1. The number of hydrogen-bond acceptors (Lipinski definition) is 9. The van der Waals surface area contributed by atoms with Crippen LogP contribution in [0.25, 0.3) is 32.9 Å². The molecule has 2 saturated heterocycles. The smallest absolute Gasteiger partial charge is 0.391 e. The summed E-state index contributed by atoms with van der Waals surface area (Å²) in [5.41, 5.74) is -0.630. The Labute approximate surface area is 303 Å². The number of nitrogens with zero attached hydrogens (tertiary/aromatic N) is 5. The predicted octanol–water partition coefficient (Wildman–Crippen LogP) is 6.97. The Hall–Kier alpha value is -4.48. The molecule has 2 N–H and O–H groups in total. The van der Waals surface area contributed by atoms with Crippen LogP contribution in [0.1, 0.15) is 56.9 Å². The number of terminal acetylenes is 1. The molecule has 280 valence electrons. The Balaban J connectivity index is 1.17. The second-order valence-corrected chi connectivity index (χ2v) is 15.3. The van der Waals surface area contributed by atoms with Crippen LogP contribution in [0.4, 0.5) is 27.8 Å². The molecule has 2 aromatic heterocycles. The fourth-order valence-corrected chi connectivity index (χ4v) is 8.69. The number of methoxy groups -OCH3 is 1. The van der Waals surface area contributed by atoms with Gasteiger partial charge in [0.15, 0.2) is 5.82 Å². The summed E-state index contributed by atoms with van der Waals surface area (Å²) in [7, 11) is 3.37. The lowest BCUT2D eigenvalue weighted by molar-refractivity contribution is -0.184. The average Bonchev–Trinajstić information content (AvgIpc) is 3.83. The number of aromatic nitrogens is 3. The molecule has 2 atom stereocenters. The van der Waals surface area contributed by atoms with Crippen molar-refractivity contribution in [3.8, 4) is 41.2 Å². The van der Waals surface area contributed by atoms with Gasteiger partial charge in [0.2, 0.25) is 5.88 Å². The summed E-state index contributed by atoms with van der Waals surface area (Å²) in [5, 5.41) is 15.1. The number of alkyl halides is 3. The zero-order valence-electron chi connectivity index (χ0n) is 29.6. The van der Waals surface area contributed by atoms with E-state index in [-0.39, 0.29) is 93.7 Å². The van der Waals surface area contributed by atoms with Crippen molar-refractivity contribution in [1.29, 1.82) is 0 Å². The van der Waals surface area contributed by atoms with Crippen LogP contribution in [-0.2, 0) is 0 Å². The lowest BCUT2D eigenvalue weighted by Gasteiger charge is -2.37. The van der Waals surface area contributed by atoms with Gasteiger partial charge in [-0.2, -0.15) is 23.1 Å². The third kappa shape index (κ3) is 6.67. The molecule has 2 bridgehead atoms. The van der Waals surface area contributed by atoms with Crippen molar-refractivity contribution in [1.82, 2.24) is 25.2 Å². The molecule has 0 spiro atoms. The first kappa shape index (κ1) is 35.5. The highest BCUT2D eigenvalue weighted by atomic mass is 19.4. The van der Waals surface area contributed by atoms with E-state index in [0.29, 0.717) is 43.7 Å². The van der Waals surface area contributed by atoms with Crippen LogP contribution in [0.15, 0.2) is 24.3 Å². The summed E-state index contributed by atoms with van der Waals surface area (Å²) >= 11 is 0. The van der Waals surface area contributed by atoms with E-state index in [9.17, 15) is 22.7 Å². The third-order valence-electron chi connectivity index (χ3n) is 11.7. The van der Waals surface area contributed by atoms with E-state index in [2.05, 4.69) is 31.0 Å². The highest BCUT2D eigenvalue weighted by Gasteiger charge is 2.47. The Morgan fingerprint density at radius 1 is 1.02 bits per heavy atom. The minimum absolute atomic E-state index is 0.0350. The van der Waals surface area contributed by atoms with Gasteiger partial charge in [0.05, 0.1) is 25.2 Å². The topological polar surface area (TPSA) is 95.9 Å². The molecular formula is C39H41F5N6O3. The van der Waals surface area contributed by atoms with Crippen LogP contribution in [0.2, 0.25) is 0 Å². The van der Waals surface area contributed by atoms with Crippen molar-refractivity contribution in [2.45, 2.75) is 75.7 Å². The number of aromatic hydroxyl groups is 1. The molecule has 9 nitrogen and oxygen atoms in total. The van der Waals surface area contributed by atoms with Crippen LogP contribution in [0.3, 0.4) is 0 Å². The summed E-state index contributed by atoms with van der Waals surface area (Å²) in [6.07, 6.45) is 6.53. The normalized spacial score (nSPS) is 23.8. The molecule has 2 saturated carbocycles. The summed E-state index contributed by atoms with van der Waals surface area (Å²) in [6.45, 7) is 2.11. The minimum atomic E-state index is -4.16. The van der Waals surface area contributed by atoms with Gasteiger partial charge in [-0.1, -0.05) is 12.0 Å². The fraction of sp³-hybridized carbons (Fsp3) is 0.513. The minimum Gasteiger partial charge on any atom is -0.508 e. The average molecular weight is 737 g/mol. The molecule has 2 aromatic carbocycles. The molecule has 53 heavy (non-hydrogen) atoms. The highest BCUT2D eigenvalue weighted by molar-refractivity contribution is 6.04. The van der Waals surface area contributed by atoms with Gasteiger partial charge in [0.1, 0.15) is 34.0 Å². The number of hydrogen-bond donors (Lipinski definition) is 2. The van der Waals surface area contributed by atoms with Gasteiger partial charge < -0.3 is 29.7 Å². The lowest BCUT2D eigenvalue weighted by Crippen LogP contribution is -2.51. The van der Waals surface area contributed by atoms with Crippen molar-refractivity contribution < 1.29 is 36.5 Å². The maximum atomic E-state index is 17.1. The first-order chi connectivity index (χ1) is 25.4. The van der Waals surface area contributed by atoms with Gasteiger partial charge >= 0.3 is 12.2 Å². The number of piperazine rings is 1. The van der Waals surface area contributed by atoms with E-state index < -0.39 is 23.7 Å². The Morgan fingerprint density at radius 2 is 1.74 bits per heavy atom. The van der Waals surface area contributed by atoms with E-state index in [1.165, 1.54) is 31.4 Å². The lowest BCUT2D eigenvalue weighted by atomic mass is 9.84. The molecule has 14 heteroatoms. The summed E-state index contributed by atoms with van der Waals surface area (Å²) in [5.74, 6) is -0.140. The molecule has 0 amide bonds. The quantitative estimate of drug-likeness (QED) is 0.140. The first-order valence-corrected chi connectivity index (χ1v) is 18.1. The van der Waals surface area contributed by atoms with Gasteiger partial charge in [0, 0.05) is 54.1 Å². The van der Waals surface area contributed by atoms with E-state index in [1.807, 2.05) is 7.05 Å².